The van der Waals surface area contributed by atoms with Gasteiger partial charge in [-0.3, -0.25) is 4.79 Å². The monoisotopic (exact) mass is 286 g/mol. The van der Waals surface area contributed by atoms with E-state index in [0.29, 0.717) is 10.7 Å². The highest BCUT2D eigenvalue weighted by Gasteiger charge is 2.12. The molecule has 78 valence electrons. The maximum absolute atomic E-state index is 11.4. The molecule has 3 nitrogen and oxygen atoms in total. The smallest absolute Gasteiger partial charge is 0.241 e. The third-order valence-electron chi connectivity index (χ3n) is 1.78. The fourth-order valence-electron chi connectivity index (χ4n) is 0.890. The van der Waals surface area contributed by atoms with E-state index in [9.17, 15) is 4.79 Å². The molecular weight excluding hydrogens is 279 g/mol. The summed E-state index contributed by atoms with van der Waals surface area (Å²) in [5.74, 6) is -1.05. The summed E-state index contributed by atoms with van der Waals surface area (Å²) < 4.78 is 0.832. The Morgan fingerprint density at radius 1 is 1.67 bits per heavy atom. The molecule has 0 aliphatic heterocycles. The van der Waals surface area contributed by atoms with Crippen molar-refractivity contribution in [2.45, 2.75) is 6.92 Å². The molecule has 1 aromatic rings. The largest absolute Gasteiger partial charge is 0.324 e. The lowest BCUT2D eigenvalue weighted by molar-refractivity contribution is -0.117. The third-order valence-corrected chi connectivity index (χ3v) is 2.58. The van der Waals surface area contributed by atoms with Gasteiger partial charge in [0.1, 0.15) is 5.92 Å². The average molecular weight is 288 g/mol. The molecule has 0 radical (unpaired) electrons. The first kappa shape index (κ1) is 12.0. The van der Waals surface area contributed by atoms with E-state index in [1.54, 1.807) is 18.2 Å². The molecule has 15 heavy (non-hydrogen) atoms. The molecule has 0 fully saturated rings. The van der Waals surface area contributed by atoms with Crippen molar-refractivity contribution >= 4 is 39.1 Å². The molecular formula is C10H8BrClN2O. The molecule has 1 aromatic carbocycles. The van der Waals surface area contributed by atoms with Crippen LogP contribution in [0, 0.1) is 17.2 Å². The minimum absolute atomic E-state index is 0.360. The third kappa shape index (κ3) is 3.22. The second kappa shape index (κ2) is 5.15. The molecule has 0 bridgehead atoms. The van der Waals surface area contributed by atoms with Crippen LogP contribution in [-0.4, -0.2) is 5.91 Å². The number of carbonyl (C=O) groups excluding carboxylic acids is 1. The second-order valence-corrected chi connectivity index (χ2v) is 4.29. The summed E-state index contributed by atoms with van der Waals surface area (Å²) in [6.45, 7) is 1.53. The van der Waals surface area contributed by atoms with Gasteiger partial charge in [-0.1, -0.05) is 27.5 Å². The molecule has 1 atom stereocenters. The van der Waals surface area contributed by atoms with Gasteiger partial charge >= 0.3 is 0 Å². The van der Waals surface area contributed by atoms with Crippen LogP contribution in [-0.2, 0) is 4.79 Å². The number of benzene rings is 1. The maximum atomic E-state index is 11.4. The summed E-state index contributed by atoms with van der Waals surface area (Å²) in [7, 11) is 0. The minimum Gasteiger partial charge on any atom is -0.324 e. The molecule has 5 heteroatoms. The SMILES string of the molecule is CC(C#N)C(=O)Nc1ccc(Br)cc1Cl. The highest BCUT2D eigenvalue weighted by molar-refractivity contribution is 9.10. The maximum Gasteiger partial charge on any atom is 0.241 e. The molecule has 0 heterocycles. The van der Waals surface area contributed by atoms with Gasteiger partial charge in [0, 0.05) is 4.47 Å². The van der Waals surface area contributed by atoms with Crippen molar-refractivity contribution in [1.29, 1.82) is 5.26 Å². The fourth-order valence-corrected chi connectivity index (χ4v) is 1.61. The van der Waals surface area contributed by atoms with Crippen molar-refractivity contribution in [1.82, 2.24) is 0 Å². The Bertz CT molecular complexity index is 428. The molecule has 1 N–H and O–H groups in total. The predicted octanol–water partition coefficient (Wildman–Crippen LogP) is 3.20. The summed E-state index contributed by atoms with van der Waals surface area (Å²) >= 11 is 9.15. The molecule has 1 unspecified atom stereocenters. The van der Waals surface area contributed by atoms with Crippen LogP contribution in [0.15, 0.2) is 22.7 Å². The van der Waals surface area contributed by atoms with E-state index in [1.165, 1.54) is 6.92 Å². The Kier molecular flexibility index (Phi) is 4.13. The Hall–Kier alpha value is -1.05. The topological polar surface area (TPSA) is 52.9 Å². The number of hydrogen-bond donors (Lipinski definition) is 1. The number of nitrogens with one attached hydrogen (secondary N) is 1. The summed E-state index contributed by atoms with van der Waals surface area (Å²) in [5, 5.41) is 11.6. The van der Waals surface area contributed by atoms with Crippen molar-refractivity contribution in [3.05, 3.63) is 27.7 Å². The normalized spacial score (nSPS) is 11.6. The summed E-state index contributed by atoms with van der Waals surface area (Å²) in [5.41, 5.74) is 0.506. The molecule has 0 saturated heterocycles. The summed E-state index contributed by atoms with van der Waals surface area (Å²) in [6.07, 6.45) is 0. The van der Waals surface area contributed by atoms with E-state index < -0.39 is 5.92 Å². The lowest BCUT2D eigenvalue weighted by Crippen LogP contribution is -2.19. The fraction of sp³-hybridized carbons (Fsp3) is 0.200. The van der Waals surface area contributed by atoms with Crippen LogP contribution in [0.1, 0.15) is 6.92 Å². The van der Waals surface area contributed by atoms with Crippen molar-refractivity contribution in [3.8, 4) is 6.07 Å². The molecule has 1 rings (SSSR count). The standard InChI is InChI=1S/C10H8BrClN2O/c1-6(5-13)10(15)14-9-3-2-7(11)4-8(9)12/h2-4,6H,1H3,(H,14,15). The van der Waals surface area contributed by atoms with E-state index in [-0.39, 0.29) is 5.91 Å². The van der Waals surface area contributed by atoms with Crippen molar-refractivity contribution in [2.75, 3.05) is 5.32 Å². The summed E-state index contributed by atoms with van der Waals surface area (Å²) in [4.78, 5) is 11.4. The lowest BCUT2D eigenvalue weighted by atomic mass is 10.2. The van der Waals surface area contributed by atoms with E-state index in [0.717, 1.165) is 4.47 Å². The Balaban J connectivity index is 2.82. The van der Waals surface area contributed by atoms with E-state index >= 15 is 0 Å². The van der Waals surface area contributed by atoms with E-state index in [1.807, 2.05) is 6.07 Å². The van der Waals surface area contributed by atoms with Gasteiger partial charge in [0.2, 0.25) is 5.91 Å². The molecule has 0 aliphatic carbocycles. The van der Waals surface area contributed by atoms with Crippen LogP contribution < -0.4 is 5.32 Å². The van der Waals surface area contributed by atoms with Gasteiger partial charge in [-0.25, -0.2) is 0 Å². The number of halogens is 2. The lowest BCUT2D eigenvalue weighted by Gasteiger charge is -2.08. The Morgan fingerprint density at radius 3 is 2.87 bits per heavy atom. The second-order valence-electron chi connectivity index (χ2n) is 2.96. The van der Waals surface area contributed by atoms with Gasteiger partial charge in [-0.05, 0) is 25.1 Å². The Morgan fingerprint density at radius 2 is 2.33 bits per heavy atom. The van der Waals surface area contributed by atoms with Gasteiger partial charge in [0.15, 0.2) is 0 Å². The number of nitrogens with zero attached hydrogens (tertiary/aromatic N) is 1. The first-order valence-corrected chi connectivity index (χ1v) is 5.37. The van der Waals surface area contributed by atoms with Crippen LogP contribution in [0.3, 0.4) is 0 Å². The van der Waals surface area contributed by atoms with Gasteiger partial charge in [-0.2, -0.15) is 5.26 Å². The molecule has 0 aromatic heterocycles. The zero-order valence-electron chi connectivity index (χ0n) is 7.92. The quantitative estimate of drug-likeness (QED) is 0.908. The number of carbonyl (C=O) groups is 1. The van der Waals surface area contributed by atoms with Gasteiger partial charge in [-0.15, -0.1) is 0 Å². The van der Waals surface area contributed by atoms with E-state index in [4.69, 9.17) is 16.9 Å². The average Bonchev–Trinajstić information content (AvgIpc) is 2.20. The minimum atomic E-state index is -0.690. The van der Waals surface area contributed by atoms with Gasteiger partial charge in [0.05, 0.1) is 16.8 Å². The van der Waals surface area contributed by atoms with Gasteiger partial charge < -0.3 is 5.32 Å². The Labute approximate surface area is 101 Å². The van der Waals surface area contributed by atoms with Crippen molar-refractivity contribution < 1.29 is 4.79 Å². The van der Waals surface area contributed by atoms with Crippen LogP contribution in [0.25, 0.3) is 0 Å². The first-order chi connectivity index (χ1) is 7.04. The van der Waals surface area contributed by atoms with Crippen molar-refractivity contribution in [2.24, 2.45) is 5.92 Å². The van der Waals surface area contributed by atoms with Gasteiger partial charge in [0.25, 0.3) is 0 Å². The molecule has 0 aliphatic rings. The van der Waals surface area contributed by atoms with Crippen LogP contribution >= 0.6 is 27.5 Å². The molecule has 1 amide bonds. The predicted molar refractivity (Wildman–Crippen MR) is 62.6 cm³/mol. The number of amides is 1. The van der Waals surface area contributed by atoms with E-state index in [2.05, 4.69) is 21.2 Å². The number of anilines is 1. The zero-order chi connectivity index (χ0) is 11.4. The molecule has 0 saturated carbocycles. The zero-order valence-corrected chi connectivity index (χ0v) is 10.3. The number of rotatable bonds is 2. The van der Waals surface area contributed by atoms with Crippen LogP contribution in [0.2, 0.25) is 5.02 Å². The highest BCUT2D eigenvalue weighted by Crippen LogP contribution is 2.25. The van der Waals surface area contributed by atoms with Crippen molar-refractivity contribution in [3.63, 3.8) is 0 Å². The molecule has 0 spiro atoms. The van der Waals surface area contributed by atoms with Crippen LogP contribution in [0.5, 0.6) is 0 Å². The first-order valence-electron chi connectivity index (χ1n) is 4.20. The summed E-state index contributed by atoms with van der Waals surface area (Å²) in [6, 6.07) is 6.96. The highest BCUT2D eigenvalue weighted by atomic mass is 79.9. The number of nitriles is 1. The number of hydrogen-bond acceptors (Lipinski definition) is 2. The van der Waals surface area contributed by atoms with Crippen LogP contribution in [0.4, 0.5) is 5.69 Å².